The number of benzene rings is 1. The number of nitrogens with zero attached hydrogens (tertiary/aromatic N) is 2. The molecule has 2 aromatic rings. The first kappa shape index (κ1) is 15.3. The van der Waals surface area contributed by atoms with Crippen LogP contribution in [0.2, 0.25) is 0 Å². The van der Waals surface area contributed by atoms with E-state index in [1.54, 1.807) is 37.4 Å². The maximum Gasteiger partial charge on any atom is 0.326 e. The molecule has 6 heteroatoms. The molecular weight excluding hydrogens is 282 g/mol. The summed E-state index contributed by atoms with van der Waals surface area (Å²) in [4.78, 5) is 23.3. The molecule has 0 saturated heterocycles. The molecule has 22 heavy (non-hydrogen) atoms. The molecule has 1 heterocycles. The van der Waals surface area contributed by atoms with Gasteiger partial charge in [-0.2, -0.15) is 5.26 Å². The van der Waals surface area contributed by atoms with Gasteiger partial charge in [0.25, 0.3) is 5.56 Å². The Morgan fingerprint density at radius 1 is 1.32 bits per heavy atom. The average Bonchev–Trinajstić information content (AvgIpc) is 2.50. The van der Waals surface area contributed by atoms with Gasteiger partial charge in [0, 0.05) is 18.0 Å². The van der Waals surface area contributed by atoms with Crippen LogP contribution >= 0.6 is 0 Å². The molecular formula is C16H15N3O3. The molecule has 1 aromatic heterocycles. The van der Waals surface area contributed by atoms with Crippen molar-refractivity contribution in [2.24, 2.45) is 0 Å². The highest BCUT2D eigenvalue weighted by molar-refractivity contribution is 5.71. The number of nitriles is 1. The highest BCUT2D eigenvalue weighted by Crippen LogP contribution is 2.22. The zero-order valence-electron chi connectivity index (χ0n) is 12.1. The summed E-state index contributed by atoms with van der Waals surface area (Å²) >= 11 is 0. The Morgan fingerprint density at radius 2 is 2.05 bits per heavy atom. The van der Waals surface area contributed by atoms with Gasteiger partial charge in [0.2, 0.25) is 0 Å². The SMILES string of the molecule is CCOC(=O)Cn1cc(-c2ccc(N)c(C#N)c2)ccc1=O. The van der Waals surface area contributed by atoms with Crippen molar-refractivity contribution in [3.05, 3.63) is 52.4 Å². The van der Waals surface area contributed by atoms with E-state index in [0.29, 0.717) is 16.8 Å². The molecule has 0 saturated carbocycles. The van der Waals surface area contributed by atoms with Crippen LogP contribution in [0.1, 0.15) is 12.5 Å². The summed E-state index contributed by atoms with van der Waals surface area (Å²) in [7, 11) is 0. The van der Waals surface area contributed by atoms with Crippen molar-refractivity contribution in [2.75, 3.05) is 12.3 Å². The average molecular weight is 297 g/mol. The second kappa shape index (κ2) is 6.59. The summed E-state index contributed by atoms with van der Waals surface area (Å²) in [6.45, 7) is 1.81. The van der Waals surface area contributed by atoms with E-state index < -0.39 is 5.97 Å². The van der Waals surface area contributed by atoms with Gasteiger partial charge >= 0.3 is 5.97 Å². The number of carbonyl (C=O) groups excluding carboxylic acids is 1. The number of esters is 1. The largest absolute Gasteiger partial charge is 0.465 e. The van der Waals surface area contributed by atoms with Gasteiger partial charge < -0.3 is 15.0 Å². The Balaban J connectivity index is 2.39. The van der Waals surface area contributed by atoms with Crippen molar-refractivity contribution in [1.29, 1.82) is 5.26 Å². The summed E-state index contributed by atoms with van der Waals surface area (Å²) in [5.74, 6) is -0.475. The zero-order chi connectivity index (χ0) is 16.1. The Kier molecular flexibility index (Phi) is 4.59. The van der Waals surface area contributed by atoms with E-state index in [2.05, 4.69) is 0 Å². The van der Waals surface area contributed by atoms with Gasteiger partial charge in [0.1, 0.15) is 12.6 Å². The van der Waals surface area contributed by atoms with Crippen LogP contribution in [0.15, 0.2) is 41.3 Å². The van der Waals surface area contributed by atoms with E-state index >= 15 is 0 Å². The van der Waals surface area contributed by atoms with Gasteiger partial charge in [-0.05, 0) is 36.2 Å². The second-order valence-corrected chi connectivity index (χ2v) is 4.60. The fourth-order valence-electron chi connectivity index (χ4n) is 2.00. The minimum Gasteiger partial charge on any atom is -0.465 e. The molecule has 2 rings (SSSR count). The van der Waals surface area contributed by atoms with E-state index in [9.17, 15) is 9.59 Å². The summed E-state index contributed by atoms with van der Waals surface area (Å²) in [5, 5.41) is 9.02. The Labute approximate surface area is 127 Å². The van der Waals surface area contributed by atoms with Gasteiger partial charge in [-0.15, -0.1) is 0 Å². The normalized spacial score (nSPS) is 10.0. The molecule has 0 bridgehead atoms. The minimum absolute atomic E-state index is 0.152. The standard InChI is InChI=1S/C16H15N3O3/c1-2-22-16(21)10-19-9-12(4-6-15(19)20)11-3-5-14(18)13(7-11)8-17/h3-7,9H,2,10,18H2,1H3. The van der Waals surface area contributed by atoms with E-state index in [0.717, 1.165) is 5.56 Å². The Hall–Kier alpha value is -3.07. The van der Waals surface area contributed by atoms with Crippen LogP contribution in [0, 0.1) is 11.3 Å². The lowest BCUT2D eigenvalue weighted by Crippen LogP contribution is -2.24. The van der Waals surface area contributed by atoms with Crippen molar-refractivity contribution in [2.45, 2.75) is 13.5 Å². The van der Waals surface area contributed by atoms with Crippen LogP contribution in [-0.4, -0.2) is 17.1 Å². The van der Waals surface area contributed by atoms with Gasteiger partial charge in [0.05, 0.1) is 12.2 Å². The predicted octanol–water partition coefficient (Wildman–Crippen LogP) is 1.53. The fraction of sp³-hybridized carbons (Fsp3) is 0.188. The van der Waals surface area contributed by atoms with Gasteiger partial charge in [0.15, 0.2) is 0 Å². The van der Waals surface area contributed by atoms with Crippen molar-refractivity contribution >= 4 is 11.7 Å². The lowest BCUT2D eigenvalue weighted by atomic mass is 10.0. The quantitative estimate of drug-likeness (QED) is 0.681. The molecule has 1 aromatic carbocycles. The van der Waals surface area contributed by atoms with Crippen LogP contribution in [0.5, 0.6) is 0 Å². The number of anilines is 1. The van der Waals surface area contributed by atoms with Crippen LogP contribution in [-0.2, 0) is 16.1 Å². The molecule has 0 spiro atoms. The molecule has 0 aliphatic carbocycles. The number of hydrogen-bond acceptors (Lipinski definition) is 5. The Morgan fingerprint density at radius 3 is 2.73 bits per heavy atom. The first-order chi connectivity index (χ1) is 10.5. The second-order valence-electron chi connectivity index (χ2n) is 4.60. The third-order valence-electron chi connectivity index (χ3n) is 3.10. The molecule has 0 amide bonds. The molecule has 0 radical (unpaired) electrons. The van der Waals surface area contributed by atoms with Crippen LogP contribution in [0.3, 0.4) is 0 Å². The maximum absolute atomic E-state index is 11.8. The lowest BCUT2D eigenvalue weighted by molar-refractivity contribution is -0.143. The number of aromatic nitrogens is 1. The topological polar surface area (TPSA) is 98.1 Å². The third-order valence-corrected chi connectivity index (χ3v) is 3.10. The number of rotatable bonds is 4. The molecule has 0 atom stereocenters. The molecule has 0 aliphatic rings. The van der Waals surface area contributed by atoms with Crippen LogP contribution in [0.25, 0.3) is 11.1 Å². The van der Waals surface area contributed by atoms with Crippen molar-refractivity contribution in [1.82, 2.24) is 4.57 Å². The molecule has 112 valence electrons. The third kappa shape index (κ3) is 3.33. The van der Waals surface area contributed by atoms with Crippen LogP contribution < -0.4 is 11.3 Å². The highest BCUT2D eigenvalue weighted by Gasteiger charge is 2.08. The summed E-state index contributed by atoms with van der Waals surface area (Å²) in [5.41, 5.74) is 7.60. The number of ether oxygens (including phenoxy) is 1. The number of hydrogen-bond donors (Lipinski definition) is 1. The van der Waals surface area contributed by atoms with Crippen LogP contribution in [0.4, 0.5) is 5.69 Å². The number of carbonyl (C=O) groups is 1. The molecule has 6 nitrogen and oxygen atoms in total. The maximum atomic E-state index is 11.8. The molecule has 2 N–H and O–H groups in total. The predicted molar refractivity (Wildman–Crippen MR) is 81.9 cm³/mol. The molecule has 0 aliphatic heterocycles. The van der Waals surface area contributed by atoms with E-state index in [-0.39, 0.29) is 18.7 Å². The lowest BCUT2D eigenvalue weighted by Gasteiger charge is -2.09. The number of nitrogens with two attached hydrogens (primary N) is 1. The summed E-state index contributed by atoms with van der Waals surface area (Å²) in [6, 6.07) is 10.1. The first-order valence-corrected chi connectivity index (χ1v) is 6.71. The number of nitrogen functional groups attached to an aromatic ring is 1. The van der Waals surface area contributed by atoms with Gasteiger partial charge in [-0.1, -0.05) is 6.07 Å². The smallest absolute Gasteiger partial charge is 0.326 e. The highest BCUT2D eigenvalue weighted by atomic mass is 16.5. The van der Waals surface area contributed by atoms with Crippen molar-refractivity contribution in [3.63, 3.8) is 0 Å². The minimum atomic E-state index is -0.475. The van der Waals surface area contributed by atoms with E-state index in [1.807, 2.05) is 6.07 Å². The zero-order valence-corrected chi connectivity index (χ0v) is 12.1. The first-order valence-electron chi connectivity index (χ1n) is 6.71. The van der Waals surface area contributed by atoms with Crippen molar-refractivity contribution < 1.29 is 9.53 Å². The summed E-state index contributed by atoms with van der Waals surface area (Å²) in [6.07, 6.45) is 1.56. The Bertz CT molecular complexity index is 803. The van der Waals surface area contributed by atoms with E-state index in [4.69, 9.17) is 15.7 Å². The van der Waals surface area contributed by atoms with Gasteiger partial charge in [-0.25, -0.2) is 0 Å². The van der Waals surface area contributed by atoms with Crippen molar-refractivity contribution in [3.8, 4) is 17.2 Å². The van der Waals surface area contributed by atoms with E-state index in [1.165, 1.54) is 10.6 Å². The monoisotopic (exact) mass is 297 g/mol. The fourth-order valence-corrected chi connectivity index (χ4v) is 2.00. The summed E-state index contributed by atoms with van der Waals surface area (Å²) < 4.78 is 6.11. The van der Waals surface area contributed by atoms with Gasteiger partial charge in [-0.3, -0.25) is 9.59 Å². The molecule has 0 unspecified atom stereocenters. The number of pyridine rings is 1. The molecule has 0 fully saturated rings.